The fraction of sp³-hybridized carbons (Fsp3) is 0.500. The second-order valence-corrected chi connectivity index (χ2v) is 5.53. The van der Waals surface area contributed by atoms with Gasteiger partial charge in [0, 0.05) is 17.0 Å². The third-order valence-corrected chi connectivity index (χ3v) is 4.11. The summed E-state index contributed by atoms with van der Waals surface area (Å²) >= 11 is 3.98. The van der Waals surface area contributed by atoms with E-state index < -0.39 is 5.82 Å². The largest absolute Gasteiger partial charge is 0.352 e. The van der Waals surface area contributed by atoms with Crippen LogP contribution < -0.4 is 5.32 Å². The highest BCUT2D eigenvalue weighted by Gasteiger charge is 2.23. The van der Waals surface area contributed by atoms with Crippen molar-refractivity contribution in [2.75, 3.05) is 6.54 Å². The van der Waals surface area contributed by atoms with Gasteiger partial charge in [0.2, 0.25) is 0 Å². The van der Waals surface area contributed by atoms with Crippen LogP contribution in [-0.2, 0) is 0 Å². The van der Waals surface area contributed by atoms with Gasteiger partial charge in [-0.05, 0) is 36.5 Å². The molecule has 0 heterocycles. The van der Waals surface area contributed by atoms with E-state index in [-0.39, 0.29) is 10.8 Å². The second-order valence-electron chi connectivity index (χ2n) is 5.04. The molecule has 1 aromatic carbocycles. The Morgan fingerprint density at radius 2 is 2.28 bits per heavy atom. The lowest BCUT2D eigenvalue weighted by atomic mass is 9.98. The highest BCUT2D eigenvalue weighted by Crippen LogP contribution is 2.30. The summed E-state index contributed by atoms with van der Waals surface area (Å²) in [6.45, 7) is 2.94. The number of halogens is 1. The van der Waals surface area contributed by atoms with Gasteiger partial charge in [-0.2, -0.15) is 0 Å². The summed E-state index contributed by atoms with van der Waals surface area (Å²) in [5.41, 5.74) is 0.465. The molecule has 1 N–H and O–H groups in total. The average Bonchev–Trinajstić information content (AvgIpc) is 2.75. The van der Waals surface area contributed by atoms with Gasteiger partial charge in [0.15, 0.2) is 0 Å². The minimum Gasteiger partial charge on any atom is -0.352 e. The Labute approximate surface area is 112 Å². The quantitative estimate of drug-likeness (QED) is 0.809. The lowest BCUT2D eigenvalue weighted by Crippen LogP contribution is -2.30. The molecule has 18 heavy (non-hydrogen) atoms. The molecule has 1 saturated carbocycles. The number of carbonyl (C=O) groups is 1. The van der Waals surface area contributed by atoms with Crippen LogP contribution in [0.15, 0.2) is 23.1 Å². The second kappa shape index (κ2) is 5.74. The molecule has 98 valence electrons. The Balaban J connectivity index is 1.93. The average molecular weight is 267 g/mol. The third-order valence-electron chi connectivity index (χ3n) is 3.77. The predicted octanol–water partition coefficient (Wildman–Crippen LogP) is 3.28. The van der Waals surface area contributed by atoms with Crippen LogP contribution in [0.25, 0.3) is 0 Å². The first-order valence-corrected chi connectivity index (χ1v) is 6.79. The molecule has 4 heteroatoms. The Bertz CT molecular complexity index is 449. The van der Waals surface area contributed by atoms with Crippen molar-refractivity contribution in [3.8, 4) is 0 Å². The van der Waals surface area contributed by atoms with Crippen molar-refractivity contribution in [3.05, 3.63) is 29.6 Å². The topological polar surface area (TPSA) is 29.1 Å². The SMILES string of the molecule is CC1CCCC1CNC(=O)c1ccc(F)c(S)c1. The summed E-state index contributed by atoms with van der Waals surface area (Å²) in [7, 11) is 0. The van der Waals surface area contributed by atoms with Gasteiger partial charge in [0.05, 0.1) is 0 Å². The molecule has 1 aromatic rings. The lowest BCUT2D eigenvalue weighted by molar-refractivity contribution is 0.0944. The summed E-state index contributed by atoms with van der Waals surface area (Å²) in [6, 6.07) is 4.23. The standard InChI is InChI=1S/C14H18FNOS/c1-9-3-2-4-11(9)8-16-14(17)10-5-6-12(15)13(18)7-10/h5-7,9,11,18H,2-4,8H2,1H3,(H,16,17). The van der Waals surface area contributed by atoms with Crippen LogP contribution in [0, 0.1) is 17.7 Å². The molecule has 0 aliphatic heterocycles. The van der Waals surface area contributed by atoms with Gasteiger partial charge in [-0.25, -0.2) is 4.39 Å². The fourth-order valence-electron chi connectivity index (χ4n) is 2.51. The summed E-state index contributed by atoms with van der Waals surface area (Å²) in [5.74, 6) is 0.701. The van der Waals surface area contributed by atoms with E-state index in [0.29, 0.717) is 23.9 Å². The minimum atomic E-state index is -0.403. The summed E-state index contributed by atoms with van der Waals surface area (Å²) in [6.07, 6.45) is 3.68. The third kappa shape index (κ3) is 3.05. The molecule has 2 rings (SSSR count). The number of nitrogens with one attached hydrogen (secondary N) is 1. The summed E-state index contributed by atoms with van der Waals surface area (Å²) in [4.78, 5) is 12.1. The zero-order valence-corrected chi connectivity index (χ0v) is 11.3. The molecular weight excluding hydrogens is 249 g/mol. The molecule has 0 bridgehead atoms. The van der Waals surface area contributed by atoms with Gasteiger partial charge in [0.25, 0.3) is 5.91 Å². The van der Waals surface area contributed by atoms with Crippen molar-refractivity contribution in [2.24, 2.45) is 11.8 Å². The lowest BCUT2D eigenvalue weighted by Gasteiger charge is -2.16. The zero-order valence-electron chi connectivity index (χ0n) is 10.4. The molecule has 2 unspecified atom stereocenters. The maximum absolute atomic E-state index is 13.0. The predicted molar refractivity (Wildman–Crippen MR) is 72.5 cm³/mol. The van der Waals surface area contributed by atoms with E-state index in [9.17, 15) is 9.18 Å². The first kappa shape index (κ1) is 13.4. The van der Waals surface area contributed by atoms with E-state index in [1.807, 2.05) is 0 Å². The molecule has 1 aliphatic carbocycles. The van der Waals surface area contributed by atoms with Gasteiger partial charge in [-0.15, -0.1) is 12.6 Å². The maximum Gasteiger partial charge on any atom is 0.251 e. The molecule has 0 spiro atoms. The van der Waals surface area contributed by atoms with E-state index >= 15 is 0 Å². The van der Waals surface area contributed by atoms with Gasteiger partial charge in [-0.1, -0.05) is 19.8 Å². The van der Waals surface area contributed by atoms with Crippen LogP contribution in [0.5, 0.6) is 0 Å². The molecule has 1 fully saturated rings. The van der Waals surface area contributed by atoms with Gasteiger partial charge in [-0.3, -0.25) is 4.79 Å². The molecular formula is C14H18FNOS. The minimum absolute atomic E-state index is 0.149. The number of rotatable bonds is 3. The van der Waals surface area contributed by atoms with Gasteiger partial charge >= 0.3 is 0 Å². The number of carbonyl (C=O) groups excluding carboxylic acids is 1. The number of hydrogen-bond donors (Lipinski definition) is 2. The van der Waals surface area contributed by atoms with Gasteiger partial charge in [0.1, 0.15) is 5.82 Å². The smallest absolute Gasteiger partial charge is 0.251 e. The van der Waals surface area contributed by atoms with E-state index in [1.165, 1.54) is 37.5 Å². The van der Waals surface area contributed by atoms with Crippen molar-refractivity contribution in [3.63, 3.8) is 0 Å². The van der Waals surface area contributed by atoms with E-state index in [0.717, 1.165) is 0 Å². The monoisotopic (exact) mass is 267 g/mol. The first-order valence-electron chi connectivity index (χ1n) is 6.34. The Morgan fingerprint density at radius 1 is 1.50 bits per heavy atom. The Morgan fingerprint density at radius 3 is 2.89 bits per heavy atom. The molecule has 2 nitrogen and oxygen atoms in total. The fourth-order valence-corrected chi connectivity index (χ4v) is 2.72. The molecule has 0 aromatic heterocycles. The number of amides is 1. The number of thiol groups is 1. The molecule has 0 radical (unpaired) electrons. The van der Waals surface area contributed by atoms with Crippen molar-refractivity contribution in [1.29, 1.82) is 0 Å². The van der Waals surface area contributed by atoms with Crippen LogP contribution in [-0.4, -0.2) is 12.5 Å². The number of benzene rings is 1. The van der Waals surface area contributed by atoms with Crippen molar-refractivity contribution >= 4 is 18.5 Å². The van der Waals surface area contributed by atoms with Crippen molar-refractivity contribution in [1.82, 2.24) is 5.32 Å². The highest BCUT2D eigenvalue weighted by molar-refractivity contribution is 7.80. The Kier molecular flexibility index (Phi) is 4.27. The van der Waals surface area contributed by atoms with Crippen molar-refractivity contribution in [2.45, 2.75) is 31.1 Å². The molecule has 2 atom stereocenters. The molecule has 1 amide bonds. The molecule has 1 aliphatic rings. The normalized spacial score (nSPS) is 23.1. The van der Waals surface area contributed by atoms with Crippen LogP contribution in [0.2, 0.25) is 0 Å². The van der Waals surface area contributed by atoms with Crippen LogP contribution in [0.4, 0.5) is 4.39 Å². The molecule has 0 saturated heterocycles. The zero-order chi connectivity index (χ0) is 13.1. The summed E-state index contributed by atoms with van der Waals surface area (Å²) < 4.78 is 13.0. The van der Waals surface area contributed by atoms with E-state index in [4.69, 9.17) is 0 Å². The maximum atomic E-state index is 13.0. The van der Waals surface area contributed by atoms with Crippen LogP contribution in [0.1, 0.15) is 36.5 Å². The van der Waals surface area contributed by atoms with Crippen molar-refractivity contribution < 1.29 is 9.18 Å². The summed E-state index contributed by atoms with van der Waals surface area (Å²) in [5, 5.41) is 2.92. The number of hydrogen-bond acceptors (Lipinski definition) is 2. The van der Waals surface area contributed by atoms with Gasteiger partial charge < -0.3 is 5.32 Å². The van der Waals surface area contributed by atoms with E-state index in [1.54, 1.807) is 0 Å². The first-order chi connectivity index (χ1) is 8.58. The Hall–Kier alpha value is -1.03. The highest BCUT2D eigenvalue weighted by atomic mass is 32.1. The van der Waals surface area contributed by atoms with Crippen LogP contribution in [0.3, 0.4) is 0 Å². The van der Waals surface area contributed by atoms with E-state index in [2.05, 4.69) is 24.9 Å². The van der Waals surface area contributed by atoms with Crippen LogP contribution >= 0.6 is 12.6 Å².